The Kier molecular flexibility index (Phi) is 6.74. The van der Waals surface area contributed by atoms with E-state index in [-0.39, 0.29) is 16.9 Å². The minimum Gasteiger partial charge on any atom is -0.478 e. The van der Waals surface area contributed by atoms with Crippen molar-refractivity contribution in [3.8, 4) is 0 Å². The molecule has 126 valence electrons. The van der Waals surface area contributed by atoms with E-state index in [1.165, 1.54) is 18.3 Å². The summed E-state index contributed by atoms with van der Waals surface area (Å²) < 4.78 is 0.617. The zero-order valence-electron chi connectivity index (χ0n) is 13.0. The summed E-state index contributed by atoms with van der Waals surface area (Å²) in [5, 5.41) is 12.5. The highest BCUT2D eigenvalue weighted by Gasteiger charge is 2.15. The quantitative estimate of drug-likeness (QED) is 0.528. The van der Waals surface area contributed by atoms with Gasteiger partial charge in [-0.15, -0.1) is 11.8 Å². The van der Waals surface area contributed by atoms with Crippen LogP contribution in [0.5, 0.6) is 0 Å². The molecule has 2 rings (SSSR count). The topological polar surface area (TPSA) is 92.2 Å². The van der Waals surface area contributed by atoms with Gasteiger partial charge in [0.05, 0.1) is 23.6 Å². The average Bonchev–Trinajstić information content (AvgIpc) is 2.57. The molecule has 0 unspecified atom stereocenters. The number of aromatic carboxylic acids is 1. The third kappa shape index (κ3) is 5.04. The zero-order chi connectivity index (χ0) is 17.5. The first kappa shape index (κ1) is 18.4. The second-order valence-corrected chi connectivity index (χ2v) is 6.92. The molecule has 0 saturated carbocycles. The van der Waals surface area contributed by atoms with Gasteiger partial charge in [0.25, 0.3) is 5.91 Å². The highest BCUT2D eigenvalue weighted by Crippen LogP contribution is 2.22. The number of amides is 1. The van der Waals surface area contributed by atoms with E-state index in [2.05, 4.69) is 38.1 Å². The van der Waals surface area contributed by atoms with Crippen LogP contribution in [0.3, 0.4) is 0 Å². The average molecular weight is 410 g/mol. The summed E-state index contributed by atoms with van der Waals surface area (Å²) in [7, 11) is 0. The maximum atomic E-state index is 12.2. The number of carbonyl (C=O) groups is 2. The van der Waals surface area contributed by atoms with Gasteiger partial charge in [0.15, 0.2) is 0 Å². The lowest BCUT2D eigenvalue weighted by molar-refractivity contribution is 0.0698. The van der Waals surface area contributed by atoms with Gasteiger partial charge in [-0.2, -0.15) is 0 Å². The molecule has 2 aromatic rings. The lowest BCUT2D eigenvalue weighted by Gasteiger charge is -2.08. The van der Waals surface area contributed by atoms with Crippen molar-refractivity contribution in [2.45, 2.75) is 24.8 Å². The summed E-state index contributed by atoms with van der Waals surface area (Å²) in [6.07, 6.45) is 5.15. The first-order chi connectivity index (χ1) is 11.5. The second kappa shape index (κ2) is 8.79. The van der Waals surface area contributed by atoms with Gasteiger partial charge in [0, 0.05) is 4.47 Å². The number of benzene rings is 1. The highest BCUT2D eigenvalue weighted by atomic mass is 79.9. The third-order valence-electron chi connectivity index (χ3n) is 3.07. The number of nitrogens with zero attached hydrogens (tertiary/aromatic N) is 2. The molecular formula is C16H16BrN3O3S. The Morgan fingerprint density at radius 2 is 2.08 bits per heavy atom. The summed E-state index contributed by atoms with van der Waals surface area (Å²) in [6, 6.07) is 4.60. The number of carboxylic acid groups (broad SMARTS) is 1. The van der Waals surface area contributed by atoms with Gasteiger partial charge in [-0.1, -0.05) is 29.3 Å². The number of halogens is 1. The van der Waals surface area contributed by atoms with Crippen LogP contribution < -0.4 is 5.32 Å². The molecule has 1 amide bonds. The van der Waals surface area contributed by atoms with E-state index in [1.54, 1.807) is 24.0 Å². The van der Waals surface area contributed by atoms with Crippen molar-refractivity contribution in [3.63, 3.8) is 0 Å². The van der Waals surface area contributed by atoms with E-state index in [0.29, 0.717) is 4.47 Å². The molecular weight excluding hydrogens is 394 g/mol. The van der Waals surface area contributed by atoms with Gasteiger partial charge < -0.3 is 10.4 Å². The number of unbranched alkanes of at least 4 members (excludes halogenated alkanes) is 1. The van der Waals surface area contributed by atoms with Crippen molar-refractivity contribution in [2.75, 3.05) is 11.1 Å². The largest absolute Gasteiger partial charge is 0.478 e. The summed E-state index contributed by atoms with van der Waals surface area (Å²) in [5.74, 6) is -0.671. The smallest absolute Gasteiger partial charge is 0.337 e. The van der Waals surface area contributed by atoms with Crippen LogP contribution in [0.2, 0.25) is 0 Å². The Labute approximate surface area is 152 Å². The molecule has 8 heteroatoms. The molecule has 0 radical (unpaired) electrons. The molecule has 0 aliphatic carbocycles. The van der Waals surface area contributed by atoms with Gasteiger partial charge >= 0.3 is 5.97 Å². The molecule has 0 aliphatic heterocycles. The number of hydrogen-bond acceptors (Lipinski definition) is 5. The summed E-state index contributed by atoms with van der Waals surface area (Å²) >= 11 is 4.80. The Morgan fingerprint density at radius 1 is 1.29 bits per heavy atom. The van der Waals surface area contributed by atoms with Crippen LogP contribution in [0.4, 0.5) is 5.69 Å². The van der Waals surface area contributed by atoms with Crippen molar-refractivity contribution >= 4 is 45.3 Å². The maximum absolute atomic E-state index is 12.2. The van der Waals surface area contributed by atoms with Crippen molar-refractivity contribution in [2.24, 2.45) is 0 Å². The van der Waals surface area contributed by atoms with Crippen molar-refractivity contribution < 1.29 is 14.7 Å². The molecule has 0 bridgehead atoms. The summed E-state index contributed by atoms with van der Waals surface area (Å²) in [4.78, 5) is 31.8. The van der Waals surface area contributed by atoms with Crippen LogP contribution in [0.25, 0.3) is 0 Å². The van der Waals surface area contributed by atoms with Crippen LogP contribution >= 0.6 is 27.7 Å². The molecule has 0 aliphatic rings. The van der Waals surface area contributed by atoms with E-state index in [4.69, 9.17) is 0 Å². The van der Waals surface area contributed by atoms with E-state index in [9.17, 15) is 14.7 Å². The molecule has 2 N–H and O–H groups in total. The first-order valence-electron chi connectivity index (χ1n) is 7.30. The summed E-state index contributed by atoms with van der Waals surface area (Å²) in [6.45, 7) is 2.12. The lowest BCUT2D eigenvalue weighted by Crippen LogP contribution is -2.16. The monoisotopic (exact) mass is 409 g/mol. The van der Waals surface area contributed by atoms with Gasteiger partial charge in [-0.3, -0.25) is 4.79 Å². The molecule has 0 spiro atoms. The number of aromatic nitrogens is 2. The molecule has 6 nitrogen and oxygen atoms in total. The van der Waals surface area contributed by atoms with Crippen LogP contribution in [0.15, 0.2) is 40.1 Å². The van der Waals surface area contributed by atoms with Crippen molar-refractivity contribution in [1.29, 1.82) is 0 Å². The van der Waals surface area contributed by atoms with Crippen LogP contribution in [0, 0.1) is 0 Å². The number of nitrogens with one attached hydrogen (secondary N) is 1. The Bertz CT molecular complexity index is 738. The zero-order valence-corrected chi connectivity index (χ0v) is 15.4. The molecule has 1 aromatic carbocycles. The Morgan fingerprint density at radius 3 is 2.71 bits per heavy atom. The summed E-state index contributed by atoms with van der Waals surface area (Å²) in [5.41, 5.74) is 0.338. The molecule has 0 atom stereocenters. The molecule has 0 fully saturated rings. The predicted octanol–water partition coefficient (Wildman–Crippen LogP) is 4.08. The molecule has 1 aromatic heterocycles. The normalized spacial score (nSPS) is 10.4. The van der Waals surface area contributed by atoms with E-state index in [1.807, 2.05) is 0 Å². The van der Waals surface area contributed by atoms with Gasteiger partial charge in [-0.25, -0.2) is 14.8 Å². The van der Waals surface area contributed by atoms with Crippen LogP contribution in [-0.4, -0.2) is 32.7 Å². The number of carbonyl (C=O) groups excluding carboxylic acids is 1. The van der Waals surface area contributed by atoms with Gasteiger partial charge in [0.2, 0.25) is 0 Å². The fourth-order valence-corrected chi connectivity index (χ4v) is 3.08. The SMILES string of the molecule is CCCCSc1cnc(C(=O)Nc2ccc(Br)cc2C(=O)O)cn1. The van der Waals surface area contributed by atoms with E-state index in [0.717, 1.165) is 23.6 Å². The number of carboxylic acids is 1. The number of rotatable bonds is 7. The molecule has 1 heterocycles. The van der Waals surface area contributed by atoms with Gasteiger partial charge in [0.1, 0.15) is 10.7 Å². The van der Waals surface area contributed by atoms with Gasteiger partial charge in [-0.05, 0) is 30.4 Å². The number of hydrogen-bond donors (Lipinski definition) is 2. The number of thioether (sulfide) groups is 1. The predicted molar refractivity (Wildman–Crippen MR) is 96.7 cm³/mol. The van der Waals surface area contributed by atoms with Crippen LogP contribution in [0.1, 0.15) is 40.6 Å². The minimum absolute atomic E-state index is 0.00238. The van der Waals surface area contributed by atoms with E-state index >= 15 is 0 Å². The lowest BCUT2D eigenvalue weighted by atomic mass is 10.2. The Hall–Kier alpha value is -1.93. The second-order valence-electron chi connectivity index (χ2n) is 4.89. The maximum Gasteiger partial charge on any atom is 0.337 e. The Balaban J connectivity index is 2.09. The number of anilines is 1. The van der Waals surface area contributed by atoms with Crippen molar-refractivity contribution in [3.05, 3.63) is 46.3 Å². The standard InChI is InChI=1S/C16H16BrN3O3S/c1-2-3-6-24-14-9-18-13(8-19-14)15(21)20-12-5-4-10(17)7-11(12)16(22)23/h4-5,7-9H,2-3,6H2,1H3,(H,20,21)(H,22,23). The molecule has 24 heavy (non-hydrogen) atoms. The molecule has 0 saturated heterocycles. The third-order valence-corrected chi connectivity index (χ3v) is 4.56. The minimum atomic E-state index is -1.12. The van der Waals surface area contributed by atoms with Crippen molar-refractivity contribution in [1.82, 2.24) is 9.97 Å². The fourth-order valence-electron chi connectivity index (χ4n) is 1.82. The van der Waals surface area contributed by atoms with E-state index < -0.39 is 11.9 Å². The first-order valence-corrected chi connectivity index (χ1v) is 9.08. The fraction of sp³-hybridized carbons (Fsp3) is 0.250. The van der Waals surface area contributed by atoms with Crippen LogP contribution in [-0.2, 0) is 0 Å². The highest BCUT2D eigenvalue weighted by molar-refractivity contribution is 9.10.